The van der Waals surface area contributed by atoms with Crippen LogP contribution >= 0.6 is 0 Å². The Morgan fingerprint density at radius 1 is 1.19 bits per heavy atom. The summed E-state index contributed by atoms with van der Waals surface area (Å²) in [4.78, 5) is 11.9. The molecule has 6 nitrogen and oxygen atoms in total. The zero-order valence-electron chi connectivity index (χ0n) is 12.2. The molecule has 2 aliphatic rings. The summed E-state index contributed by atoms with van der Waals surface area (Å²) < 4.78 is 26.1. The van der Waals surface area contributed by atoms with E-state index >= 15 is 0 Å². The lowest BCUT2D eigenvalue weighted by Gasteiger charge is -2.30. The molecule has 0 amide bonds. The maximum atomic E-state index is 11.9. The van der Waals surface area contributed by atoms with Crippen molar-refractivity contribution in [2.45, 2.75) is 38.1 Å². The van der Waals surface area contributed by atoms with Crippen molar-refractivity contribution in [1.29, 1.82) is 0 Å². The van der Waals surface area contributed by atoms with Gasteiger partial charge in [-0.15, -0.1) is 0 Å². The van der Waals surface area contributed by atoms with Crippen LogP contribution in [0.5, 0.6) is 0 Å². The van der Waals surface area contributed by atoms with Gasteiger partial charge in [0.1, 0.15) is 0 Å². The van der Waals surface area contributed by atoms with Crippen LogP contribution in [0.3, 0.4) is 0 Å². The normalized spacial score (nSPS) is 21.6. The van der Waals surface area contributed by atoms with Crippen molar-refractivity contribution in [2.75, 3.05) is 19.3 Å². The Balaban J connectivity index is 1.65. The fourth-order valence-electron chi connectivity index (χ4n) is 2.86. The van der Waals surface area contributed by atoms with Gasteiger partial charge in [0.25, 0.3) is 5.56 Å². The number of hydrogen-bond donors (Lipinski definition) is 0. The van der Waals surface area contributed by atoms with Crippen molar-refractivity contribution in [1.82, 2.24) is 14.1 Å². The van der Waals surface area contributed by atoms with Gasteiger partial charge in [-0.3, -0.25) is 4.79 Å². The van der Waals surface area contributed by atoms with Gasteiger partial charge in [0.05, 0.1) is 11.9 Å². The van der Waals surface area contributed by atoms with Crippen molar-refractivity contribution >= 4 is 10.0 Å². The first kappa shape index (κ1) is 14.7. The van der Waals surface area contributed by atoms with E-state index in [2.05, 4.69) is 5.10 Å². The zero-order chi connectivity index (χ0) is 15.0. The van der Waals surface area contributed by atoms with Gasteiger partial charge < -0.3 is 0 Å². The summed E-state index contributed by atoms with van der Waals surface area (Å²) in [5, 5.41) is 4.47. The van der Waals surface area contributed by atoms with Crippen molar-refractivity contribution in [3.63, 3.8) is 0 Å². The SMILES string of the molecule is CS(=O)(=O)N1CCC(Cn2nc(C3CC3)ccc2=O)CC1. The van der Waals surface area contributed by atoms with Crippen LogP contribution in [0.2, 0.25) is 0 Å². The fraction of sp³-hybridized carbons (Fsp3) is 0.714. The van der Waals surface area contributed by atoms with E-state index in [-0.39, 0.29) is 5.56 Å². The number of aromatic nitrogens is 2. The molecular formula is C14H21N3O3S. The maximum absolute atomic E-state index is 11.9. The number of sulfonamides is 1. The minimum absolute atomic E-state index is 0.0649. The Morgan fingerprint density at radius 3 is 2.43 bits per heavy atom. The molecule has 0 spiro atoms. The van der Waals surface area contributed by atoms with Gasteiger partial charge in [0, 0.05) is 31.6 Å². The molecule has 1 aromatic heterocycles. The van der Waals surface area contributed by atoms with Gasteiger partial charge in [0.2, 0.25) is 10.0 Å². The third kappa shape index (κ3) is 3.52. The van der Waals surface area contributed by atoms with Gasteiger partial charge in [-0.05, 0) is 37.7 Å². The highest BCUT2D eigenvalue weighted by molar-refractivity contribution is 7.88. The van der Waals surface area contributed by atoms with Gasteiger partial charge in [-0.25, -0.2) is 17.4 Å². The molecule has 0 aromatic carbocycles. The van der Waals surface area contributed by atoms with E-state index in [1.54, 1.807) is 10.7 Å². The summed E-state index contributed by atoms with van der Waals surface area (Å²) >= 11 is 0. The summed E-state index contributed by atoms with van der Waals surface area (Å²) in [5.41, 5.74) is 0.952. The fourth-order valence-corrected chi connectivity index (χ4v) is 3.73. The molecule has 0 N–H and O–H groups in total. The Kier molecular flexibility index (Phi) is 3.88. The molecule has 1 saturated heterocycles. The zero-order valence-corrected chi connectivity index (χ0v) is 13.1. The molecule has 21 heavy (non-hydrogen) atoms. The molecule has 3 rings (SSSR count). The third-order valence-electron chi connectivity index (χ3n) is 4.36. The van der Waals surface area contributed by atoms with E-state index in [9.17, 15) is 13.2 Å². The molecule has 1 aliphatic carbocycles. The standard InChI is InChI=1S/C14H21N3O3S/c1-21(19,20)16-8-6-11(7-9-16)10-17-14(18)5-4-13(15-17)12-2-3-12/h4-5,11-12H,2-3,6-10H2,1H3. The number of rotatable bonds is 4. The smallest absolute Gasteiger partial charge is 0.266 e. The lowest BCUT2D eigenvalue weighted by molar-refractivity contribution is 0.245. The molecule has 7 heteroatoms. The van der Waals surface area contributed by atoms with Crippen molar-refractivity contribution < 1.29 is 8.42 Å². The van der Waals surface area contributed by atoms with E-state index in [0.717, 1.165) is 31.4 Å². The molecule has 0 unspecified atom stereocenters. The molecule has 2 heterocycles. The highest BCUT2D eigenvalue weighted by Crippen LogP contribution is 2.38. The minimum atomic E-state index is -3.09. The molecule has 0 radical (unpaired) electrons. The molecule has 0 atom stereocenters. The number of hydrogen-bond acceptors (Lipinski definition) is 4. The Bertz CT molecular complexity index is 671. The van der Waals surface area contributed by atoms with Crippen LogP contribution in [0.15, 0.2) is 16.9 Å². The first-order valence-electron chi connectivity index (χ1n) is 7.46. The largest absolute Gasteiger partial charge is 0.268 e. The van der Waals surface area contributed by atoms with E-state index in [4.69, 9.17) is 0 Å². The second-order valence-electron chi connectivity index (χ2n) is 6.16. The van der Waals surface area contributed by atoms with Crippen LogP contribution < -0.4 is 5.56 Å². The minimum Gasteiger partial charge on any atom is -0.268 e. The van der Waals surface area contributed by atoms with Crippen LogP contribution in [0.25, 0.3) is 0 Å². The van der Waals surface area contributed by atoms with Crippen LogP contribution in [0.4, 0.5) is 0 Å². The van der Waals surface area contributed by atoms with E-state index in [1.165, 1.54) is 10.6 Å². The molecule has 2 fully saturated rings. The van der Waals surface area contributed by atoms with Crippen LogP contribution in [-0.2, 0) is 16.6 Å². The van der Waals surface area contributed by atoms with E-state index in [0.29, 0.717) is 31.5 Å². The number of piperidine rings is 1. The highest BCUT2D eigenvalue weighted by Gasteiger charge is 2.27. The average molecular weight is 311 g/mol. The molecule has 1 saturated carbocycles. The molecule has 1 aromatic rings. The highest BCUT2D eigenvalue weighted by atomic mass is 32.2. The summed E-state index contributed by atoms with van der Waals surface area (Å²) in [6.45, 7) is 1.68. The maximum Gasteiger partial charge on any atom is 0.266 e. The van der Waals surface area contributed by atoms with Gasteiger partial charge in [-0.1, -0.05) is 0 Å². The average Bonchev–Trinajstić information content (AvgIpc) is 3.25. The molecule has 116 valence electrons. The van der Waals surface area contributed by atoms with E-state index in [1.807, 2.05) is 6.07 Å². The molecular weight excluding hydrogens is 290 g/mol. The first-order chi connectivity index (χ1) is 9.93. The molecule has 0 bridgehead atoms. The lowest BCUT2D eigenvalue weighted by atomic mass is 9.98. The Labute approximate surface area is 124 Å². The van der Waals surface area contributed by atoms with Crippen LogP contribution in [0, 0.1) is 5.92 Å². The summed E-state index contributed by atoms with van der Waals surface area (Å²) in [6.07, 6.45) is 5.15. The predicted molar refractivity (Wildman–Crippen MR) is 79.6 cm³/mol. The Hall–Kier alpha value is -1.21. The topological polar surface area (TPSA) is 72.3 Å². The van der Waals surface area contributed by atoms with Crippen LogP contribution in [0.1, 0.15) is 37.3 Å². The Morgan fingerprint density at radius 2 is 1.86 bits per heavy atom. The summed E-state index contributed by atoms with van der Waals surface area (Å²) in [6, 6.07) is 3.44. The second kappa shape index (κ2) is 5.53. The van der Waals surface area contributed by atoms with E-state index < -0.39 is 10.0 Å². The monoisotopic (exact) mass is 311 g/mol. The second-order valence-corrected chi connectivity index (χ2v) is 8.14. The van der Waals surface area contributed by atoms with Gasteiger partial charge >= 0.3 is 0 Å². The first-order valence-corrected chi connectivity index (χ1v) is 9.31. The van der Waals surface area contributed by atoms with Crippen molar-refractivity contribution in [3.8, 4) is 0 Å². The third-order valence-corrected chi connectivity index (χ3v) is 5.66. The predicted octanol–water partition coefficient (Wildman–Crippen LogP) is 0.792. The lowest BCUT2D eigenvalue weighted by Crippen LogP contribution is -2.39. The summed E-state index contributed by atoms with van der Waals surface area (Å²) in [5.74, 6) is 0.853. The summed E-state index contributed by atoms with van der Waals surface area (Å²) in [7, 11) is -3.09. The van der Waals surface area contributed by atoms with Gasteiger partial charge in [0.15, 0.2) is 0 Å². The quantitative estimate of drug-likeness (QED) is 0.824. The van der Waals surface area contributed by atoms with Crippen LogP contribution in [-0.4, -0.2) is 41.8 Å². The number of nitrogens with zero attached hydrogens (tertiary/aromatic N) is 3. The van der Waals surface area contributed by atoms with Crippen molar-refractivity contribution in [2.24, 2.45) is 5.92 Å². The van der Waals surface area contributed by atoms with Crippen molar-refractivity contribution in [3.05, 3.63) is 28.2 Å². The van der Waals surface area contributed by atoms with Gasteiger partial charge in [-0.2, -0.15) is 5.10 Å². The molecule has 1 aliphatic heterocycles.